The van der Waals surface area contributed by atoms with Crippen LogP contribution in [0.4, 0.5) is 8.78 Å². The number of nitrogens with zero attached hydrogens (tertiary/aromatic N) is 1. The van der Waals surface area contributed by atoms with Gasteiger partial charge in [0.2, 0.25) is 10.0 Å². The highest BCUT2D eigenvalue weighted by molar-refractivity contribution is 9.09. The summed E-state index contributed by atoms with van der Waals surface area (Å²) in [6.45, 7) is 0.251. The van der Waals surface area contributed by atoms with Crippen molar-refractivity contribution < 1.29 is 17.2 Å². The second-order valence-electron chi connectivity index (χ2n) is 3.09. The van der Waals surface area contributed by atoms with E-state index >= 15 is 0 Å². The molecule has 0 aliphatic carbocycles. The van der Waals surface area contributed by atoms with Gasteiger partial charge in [0.05, 0.1) is 4.90 Å². The van der Waals surface area contributed by atoms with Gasteiger partial charge in [-0.25, -0.2) is 21.5 Å². The minimum absolute atomic E-state index is 0.251. The highest BCUT2D eigenvalue weighted by atomic mass is 79.9. The predicted molar refractivity (Wildman–Crippen MR) is 60.0 cm³/mol. The van der Waals surface area contributed by atoms with E-state index in [1.54, 1.807) is 0 Å². The number of halogens is 3. The SMILES string of the molecule is CN(CCBr)S(=O)(=O)c1ccc(F)c(F)c1. The third-order valence-electron chi connectivity index (χ3n) is 2.00. The van der Waals surface area contributed by atoms with Crippen molar-refractivity contribution in [2.45, 2.75) is 4.90 Å². The molecule has 0 radical (unpaired) electrons. The molecule has 0 amide bonds. The van der Waals surface area contributed by atoms with E-state index in [2.05, 4.69) is 15.9 Å². The zero-order valence-electron chi connectivity index (χ0n) is 8.45. The average molecular weight is 314 g/mol. The highest BCUT2D eigenvalue weighted by Crippen LogP contribution is 2.17. The monoisotopic (exact) mass is 313 g/mol. The van der Waals surface area contributed by atoms with Crippen molar-refractivity contribution in [2.75, 3.05) is 18.9 Å². The fourth-order valence-electron chi connectivity index (χ4n) is 1.06. The number of hydrogen-bond acceptors (Lipinski definition) is 2. The van der Waals surface area contributed by atoms with Crippen molar-refractivity contribution in [3.8, 4) is 0 Å². The third kappa shape index (κ3) is 2.78. The Balaban J connectivity index is 3.12. The van der Waals surface area contributed by atoms with Crippen LogP contribution in [0.3, 0.4) is 0 Å². The molecule has 0 N–H and O–H groups in total. The van der Waals surface area contributed by atoms with E-state index < -0.39 is 21.7 Å². The van der Waals surface area contributed by atoms with Crippen LogP contribution in [0.5, 0.6) is 0 Å². The summed E-state index contributed by atoms with van der Waals surface area (Å²) in [4.78, 5) is -0.255. The minimum Gasteiger partial charge on any atom is -0.207 e. The molecule has 0 aromatic heterocycles. The van der Waals surface area contributed by atoms with Gasteiger partial charge in [0.15, 0.2) is 11.6 Å². The molecule has 0 aliphatic heterocycles. The van der Waals surface area contributed by atoms with Crippen molar-refractivity contribution >= 4 is 26.0 Å². The first-order valence-corrected chi connectivity index (χ1v) is 6.93. The first-order valence-electron chi connectivity index (χ1n) is 4.37. The van der Waals surface area contributed by atoms with Crippen LogP contribution in [0.1, 0.15) is 0 Å². The molecule has 0 saturated carbocycles. The zero-order valence-corrected chi connectivity index (χ0v) is 10.9. The topological polar surface area (TPSA) is 37.4 Å². The molecule has 1 rings (SSSR count). The largest absolute Gasteiger partial charge is 0.242 e. The smallest absolute Gasteiger partial charge is 0.207 e. The van der Waals surface area contributed by atoms with Gasteiger partial charge in [0.1, 0.15) is 0 Å². The van der Waals surface area contributed by atoms with E-state index in [1.165, 1.54) is 7.05 Å². The minimum atomic E-state index is -3.74. The van der Waals surface area contributed by atoms with Gasteiger partial charge >= 0.3 is 0 Å². The van der Waals surface area contributed by atoms with Crippen LogP contribution in [0.2, 0.25) is 0 Å². The Morgan fingerprint density at radius 1 is 1.31 bits per heavy atom. The maximum Gasteiger partial charge on any atom is 0.242 e. The molecule has 3 nitrogen and oxygen atoms in total. The molecule has 1 aromatic rings. The van der Waals surface area contributed by atoms with Gasteiger partial charge in [-0.1, -0.05) is 15.9 Å². The molecule has 0 bridgehead atoms. The Morgan fingerprint density at radius 3 is 2.44 bits per heavy atom. The van der Waals surface area contributed by atoms with Gasteiger partial charge in [-0.15, -0.1) is 0 Å². The maximum absolute atomic E-state index is 12.9. The molecule has 90 valence electrons. The van der Waals surface area contributed by atoms with E-state index in [4.69, 9.17) is 0 Å². The lowest BCUT2D eigenvalue weighted by atomic mass is 10.3. The molecule has 0 fully saturated rings. The maximum atomic E-state index is 12.9. The molecule has 0 spiro atoms. The summed E-state index contributed by atoms with van der Waals surface area (Å²) >= 11 is 3.10. The molecule has 7 heteroatoms. The summed E-state index contributed by atoms with van der Waals surface area (Å²) in [6, 6.07) is 2.51. The molecule has 0 atom stereocenters. The summed E-state index contributed by atoms with van der Waals surface area (Å²) in [6.07, 6.45) is 0. The molecule has 1 aromatic carbocycles. The van der Waals surface area contributed by atoms with E-state index in [9.17, 15) is 17.2 Å². The number of alkyl halides is 1. The molecule has 0 unspecified atom stereocenters. The van der Waals surface area contributed by atoms with Crippen molar-refractivity contribution in [2.24, 2.45) is 0 Å². The van der Waals surface area contributed by atoms with Gasteiger partial charge in [0.25, 0.3) is 0 Å². The zero-order chi connectivity index (χ0) is 12.3. The fourth-order valence-corrected chi connectivity index (χ4v) is 3.01. The molecular formula is C9H10BrF2NO2S. The molecule has 16 heavy (non-hydrogen) atoms. The van der Waals surface area contributed by atoms with Crippen LogP contribution in [-0.2, 0) is 10.0 Å². The second-order valence-corrected chi connectivity index (χ2v) is 5.93. The summed E-state index contributed by atoms with van der Waals surface area (Å²) in [7, 11) is -2.37. The first-order chi connectivity index (χ1) is 7.39. The second kappa shape index (κ2) is 5.20. The van der Waals surface area contributed by atoms with Crippen LogP contribution < -0.4 is 0 Å². The van der Waals surface area contributed by atoms with E-state index in [-0.39, 0.29) is 11.4 Å². The first kappa shape index (κ1) is 13.5. The number of sulfonamides is 1. The van der Waals surface area contributed by atoms with Crippen molar-refractivity contribution in [3.63, 3.8) is 0 Å². The lowest BCUT2D eigenvalue weighted by Gasteiger charge is -2.15. The number of benzene rings is 1. The van der Waals surface area contributed by atoms with Crippen LogP contribution in [0.15, 0.2) is 23.1 Å². The fraction of sp³-hybridized carbons (Fsp3) is 0.333. The summed E-state index contributed by atoms with van der Waals surface area (Å²) < 4.78 is 50.2. The van der Waals surface area contributed by atoms with E-state index in [1.807, 2.05) is 0 Å². The van der Waals surface area contributed by atoms with Crippen molar-refractivity contribution in [3.05, 3.63) is 29.8 Å². The van der Waals surface area contributed by atoms with E-state index in [0.29, 0.717) is 11.4 Å². The van der Waals surface area contributed by atoms with Gasteiger partial charge in [-0.3, -0.25) is 0 Å². The standard InChI is InChI=1S/C9H10BrF2NO2S/c1-13(5-4-10)16(14,15)7-2-3-8(11)9(12)6-7/h2-3,6H,4-5H2,1H3. The summed E-state index contributed by atoms with van der Waals surface area (Å²) in [5.41, 5.74) is 0. The summed E-state index contributed by atoms with van der Waals surface area (Å²) in [5, 5.41) is 0.465. The van der Waals surface area contributed by atoms with Crippen molar-refractivity contribution in [1.29, 1.82) is 0 Å². The average Bonchev–Trinajstić information content (AvgIpc) is 2.22. The quantitative estimate of drug-likeness (QED) is 0.797. The Morgan fingerprint density at radius 2 is 1.94 bits per heavy atom. The number of hydrogen-bond donors (Lipinski definition) is 0. The molecule has 0 saturated heterocycles. The normalized spacial score (nSPS) is 12.1. The van der Waals surface area contributed by atoms with Gasteiger partial charge in [0, 0.05) is 18.9 Å². The Kier molecular flexibility index (Phi) is 4.40. The number of rotatable bonds is 4. The van der Waals surface area contributed by atoms with Crippen LogP contribution in [0.25, 0.3) is 0 Å². The van der Waals surface area contributed by atoms with Crippen LogP contribution >= 0.6 is 15.9 Å². The molecular weight excluding hydrogens is 304 g/mol. The van der Waals surface area contributed by atoms with Crippen LogP contribution in [0, 0.1) is 11.6 Å². The van der Waals surface area contributed by atoms with Crippen LogP contribution in [-0.4, -0.2) is 31.6 Å². The Bertz CT molecular complexity index is 478. The van der Waals surface area contributed by atoms with Crippen molar-refractivity contribution in [1.82, 2.24) is 4.31 Å². The molecule has 0 heterocycles. The molecule has 0 aliphatic rings. The highest BCUT2D eigenvalue weighted by Gasteiger charge is 2.21. The van der Waals surface area contributed by atoms with Gasteiger partial charge in [-0.05, 0) is 18.2 Å². The Hall–Kier alpha value is -0.530. The van der Waals surface area contributed by atoms with E-state index in [0.717, 1.165) is 16.4 Å². The predicted octanol–water partition coefficient (Wildman–Crippen LogP) is 1.98. The Labute approximate surface area is 101 Å². The summed E-state index contributed by atoms with van der Waals surface area (Å²) in [5.74, 6) is -2.24. The lowest BCUT2D eigenvalue weighted by molar-refractivity contribution is 0.482. The van der Waals surface area contributed by atoms with Gasteiger partial charge in [-0.2, -0.15) is 0 Å². The van der Waals surface area contributed by atoms with Gasteiger partial charge < -0.3 is 0 Å². The lowest BCUT2D eigenvalue weighted by Crippen LogP contribution is -2.28. The third-order valence-corrected chi connectivity index (χ3v) is 4.21.